The molecule has 3 aromatic carbocycles. The van der Waals surface area contributed by atoms with E-state index in [0.29, 0.717) is 18.8 Å². The van der Waals surface area contributed by atoms with Crippen molar-refractivity contribution in [1.82, 2.24) is 5.32 Å². The van der Waals surface area contributed by atoms with Crippen molar-refractivity contribution >= 4 is 0 Å². The van der Waals surface area contributed by atoms with Crippen LogP contribution in [0.1, 0.15) is 41.5 Å². The number of ether oxygens (including phenoxy) is 3. The van der Waals surface area contributed by atoms with Crippen LogP contribution in [0.4, 0.5) is 4.39 Å². The second kappa shape index (κ2) is 11.1. The van der Waals surface area contributed by atoms with E-state index >= 15 is 0 Å². The molecule has 1 aliphatic heterocycles. The number of hydrogen-bond donors (Lipinski definition) is 1. The Bertz CT molecular complexity index is 1140. The van der Waals surface area contributed by atoms with E-state index in [-0.39, 0.29) is 5.82 Å². The SMILES string of the molecule is COc1cccc(OCCCNCCCC2(c3ccc(F)cc3)OCc3cc(C#N)ccc32)c1. The molecular weight excluding hydrogens is 431 g/mol. The maximum Gasteiger partial charge on any atom is 0.123 e. The largest absolute Gasteiger partial charge is 0.497 e. The van der Waals surface area contributed by atoms with Crippen molar-refractivity contribution in [1.29, 1.82) is 5.26 Å². The predicted octanol–water partition coefficient (Wildman–Crippen LogP) is 5.32. The van der Waals surface area contributed by atoms with Crippen LogP contribution in [0.3, 0.4) is 0 Å². The minimum Gasteiger partial charge on any atom is -0.497 e. The average Bonchev–Trinajstić information content (AvgIpc) is 3.24. The Balaban J connectivity index is 1.31. The fourth-order valence-electron chi connectivity index (χ4n) is 4.43. The van der Waals surface area contributed by atoms with E-state index in [4.69, 9.17) is 14.2 Å². The number of halogens is 1. The molecule has 5 nitrogen and oxygen atoms in total. The molecule has 0 saturated heterocycles. The Morgan fingerprint density at radius 2 is 1.82 bits per heavy atom. The minimum atomic E-state index is -0.631. The molecule has 1 aliphatic rings. The first kappa shape index (κ1) is 23.7. The van der Waals surface area contributed by atoms with Gasteiger partial charge in [-0.1, -0.05) is 24.3 Å². The Hall–Kier alpha value is -3.40. The monoisotopic (exact) mass is 460 g/mol. The number of rotatable bonds is 11. The second-order valence-corrected chi connectivity index (χ2v) is 8.34. The molecule has 3 aromatic rings. The lowest BCUT2D eigenvalue weighted by Crippen LogP contribution is -2.29. The lowest BCUT2D eigenvalue weighted by molar-refractivity contribution is -0.0129. The number of nitriles is 1. The summed E-state index contributed by atoms with van der Waals surface area (Å²) in [6.45, 7) is 2.74. The van der Waals surface area contributed by atoms with E-state index in [2.05, 4.69) is 11.4 Å². The van der Waals surface area contributed by atoms with Gasteiger partial charge in [-0.2, -0.15) is 5.26 Å². The van der Waals surface area contributed by atoms with E-state index in [1.165, 1.54) is 12.1 Å². The summed E-state index contributed by atoms with van der Waals surface area (Å²) in [7, 11) is 1.64. The van der Waals surface area contributed by atoms with Gasteiger partial charge in [0.05, 0.1) is 32.0 Å². The second-order valence-electron chi connectivity index (χ2n) is 8.34. The van der Waals surface area contributed by atoms with Gasteiger partial charge in [-0.25, -0.2) is 4.39 Å². The standard InChI is InChI=1S/C28H29FN2O3/c1-32-25-5-2-6-26(18-25)33-16-4-15-31-14-3-13-28(23-8-10-24(29)11-9-23)27-12-7-21(19-30)17-22(27)20-34-28/h2,5-12,17-18,31H,3-4,13-16,20H2,1H3. The molecule has 0 saturated carbocycles. The summed E-state index contributed by atoms with van der Waals surface area (Å²) < 4.78 is 30.9. The van der Waals surface area contributed by atoms with E-state index in [1.807, 2.05) is 42.5 Å². The molecule has 6 heteroatoms. The molecule has 0 radical (unpaired) electrons. The molecule has 0 bridgehead atoms. The maximum atomic E-state index is 13.6. The summed E-state index contributed by atoms with van der Waals surface area (Å²) in [5.41, 5.74) is 3.00. The first-order chi connectivity index (χ1) is 16.6. The van der Waals surface area contributed by atoms with Crippen LogP contribution in [0, 0.1) is 17.1 Å². The summed E-state index contributed by atoms with van der Waals surface area (Å²) in [5.74, 6) is 1.32. The van der Waals surface area contributed by atoms with Crippen LogP contribution in [0.2, 0.25) is 0 Å². The van der Waals surface area contributed by atoms with Crippen LogP contribution in [0.5, 0.6) is 11.5 Å². The quantitative estimate of drug-likeness (QED) is 0.393. The van der Waals surface area contributed by atoms with Gasteiger partial charge in [-0.05, 0) is 85.4 Å². The minimum absolute atomic E-state index is 0.269. The first-order valence-corrected chi connectivity index (χ1v) is 11.6. The van der Waals surface area contributed by atoms with E-state index < -0.39 is 5.60 Å². The van der Waals surface area contributed by atoms with Gasteiger partial charge >= 0.3 is 0 Å². The molecule has 1 atom stereocenters. The summed E-state index contributed by atoms with van der Waals surface area (Å²) in [5, 5.41) is 12.7. The molecule has 1 unspecified atom stereocenters. The van der Waals surface area contributed by atoms with Crippen molar-refractivity contribution in [3.8, 4) is 17.6 Å². The number of fused-ring (bicyclic) bond motifs is 1. The van der Waals surface area contributed by atoms with Gasteiger partial charge in [0.15, 0.2) is 0 Å². The Morgan fingerprint density at radius 1 is 1.03 bits per heavy atom. The predicted molar refractivity (Wildman–Crippen MR) is 128 cm³/mol. The molecule has 176 valence electrons. The van der Waals surface area contributed by atoms with Gasteiger partial charge in [0.25, 0.3) is 0 Å². The Labute approximate surface area is 200 Å². The number of nitrogens with zero attached hydrogens (tertiary/aromatic N) is 1. The van der Waals surface area contributed by atoms with Crippen LogP contribution in [-0.4, -0.2) is 26.8 Å². The van der Waals surface area contributed by atoms with E-state index in [0.717, 1.165) is 60.5 Å². The van der Waals surface area contributed by atoms with Crippen molar-refractivity contribution in [3.63, 3.8) is 0 Å². The highest BCUT2D eigenvalue weighted by Gasteiger charge is 2.41. The van der Waals surface area contributed by atoms with Crippen molar-refractivity contribution in [2.24, 2.45) is 0 Å². The van der Waals surface area contributed by atoms with E-state index in [1.54, 1.807) is 19.2 Å². The Morgan fingerprint density at radius 3 is 2.62 bits per heavy atom. The van der Waals surface area contributed by atoms with Gasteiger partial charge < -0.3 is 19.5 Å². The van der Waals surface area contributed by atoms with Gasteiger partial charge in [-0.15, -0.1) is 0 Å². The van der Waals surface area contributed by atoms with E-state index in [9.17, 15) is 9.65 Å². The lowest BCUT2D eigenvalue weighted by atomic mass is 9.81. The molecule has 1 N–H and O–H groups in total. The topological polar surface area (TPSA) is 63.5 Å². The molecule has 0 aromatic heterocycles. The normalized spacial score (nSPS) is 16.6. The summed E-state index contributed by atoms with van der Waals surface area (Å²) >= 11 is 0. The Kier molecular flexibility index (Phi) is 7.79. The zero-order valence-corrected chi connectivity index (χ0v) is 19.4. The number of benzene rings is 3. The third-order valence-corrected chi connectivity index (χ3v) is 6.14. The van der Waals surface area contributed by atoms with Crippen molar-refractivity contribution in [3.05, 3.63) is 94.8 Å². The van der Waals surface area contributed by atoms with Crippen molar-refractivity contribution in [2.75, 3.05) is 26.8 Å². The van der Waals surface area contributed by atoms with Gasteiger partial charge in [-0.3, -0.25) is 0 Å². The zero-order chi connectivity index (χ0) is 23.8. The van der Waals surface area contributed by atoms with Crippen molar-refractivity contribution < 1.29 is 18.6 Å². The number of nitrogens with one attached hydrogen (secondary N) is 1. The molecule has 1 heterocycles. The molecule has 0 aliphatic carbocycles. The summed E-state index contributed by atoms with van der Waals surface area (Å²) in [6, 6.07) is 22.0. The fourth-order valence-corrected chi connectivity index (χ4v) is 4.43. The summed E-state index contributed by atoms with van der Waals surface area (Å²) in [4.78, 5) is 0. The number of hydrogen-bond acceptors (Lipinski definition) is 5. The molecule has 0 fully saturated rings. The van der Waals surface area contributed by atoms with Gasteiger partial charge in [0.1, 0.15) is 22.9 Å². The highest BCUT2D eigenvalue weighted by Crippen LogP contribution is 2.45. The lowest BCUT2D eigenvalue weighted by Gasteiger charge is -2.30. The molecule has 0 spiro atoms. The average molecular weight is 461 g/mol. The molecular formula is C28H29FN2O3. The first-order valence-electron chi connectivity index (χ1n) is 11.6. The van der Waals surface area contributed by atoms with Crippen LogP contribution < -0.4 is 14.8 Å². The highest BCUT2D eigenvalue weighted by molar-refractivity contribution is 5.48. The maximum absolute atomic E-state index is 13.6. The van der Waals surface area contributed by atoms with Crippen molar-refractivity contribution in [2.45, 2.75) is 31.5 Å². The van der Waals surface area contributed by atoms with Crippen LogP contribution in [0.15, 0.2) is 66.7 Å². The number of methoxy groups -OCH3 is 1. The highest BCUT2D eigenvalue weighted by atomic mass is 19.1. The summed E-state index contributed by atoms with van der Waals surface area (Å²) in [6.07, 6.45) is 2.52. The fraction of sp³-hybridized carbons (Fsp3) is 0.321. The van der Waals surface area contributed by atoms with Crippen LogP contribution in [0.25, 0.3) is 0 Å². The van der Waals surface area contributed by atoms with Crippen LogP contribution in [-0.2, 0) is 16.9 Å². The third-order valence-electron chi connectivity index (χ3n) is 6.14. The third kappa shape index (κ3) is 5.39. The smallest absolute Gasteiger partial charge is 0.123 e. The van der Waals surface area contributed by atoms with Gasteiger partial charge in [0, 0.05) is 6.07 Å². The molecule has 34 heavy (non-hydrogen) atoms. The molecule has 4 rings (SSSR count). The van der Waals surface area contributed by atoms with Gasteiger partial charge in [0.2, 0.25) is 0 Å². The molecule has 0 amide bonds. The van der Waals surface area contributed by atoms with Crippen LogP contribution >= 0.6 is 0 Å². The zero-order valence-electron chi connectivity index (χ0n) is 19.4.